The molecule has 0 saturated heterocycles. The van der Waals surface area contributed by atoms with E-state index in [1.807, 2.05) is 0 Å². The molecular weight excluding hydrogens is 302 g/mol. The van der Waals surface area contributed by atoms with Crippen molar-refractivity contribution in [1.29, 1.82) is 0 Å². The molecule has 0 atom stereocenters. The molecule has 22 heavy (non-hydrogen) atoms. The van der Waals surface area contributed by atoms with Gasteiger partial charge in [-0.1, -0.05) is 18.7 Å². The van der Waals surface area contributed by atoms with Crippen LogP contribution in [0.5, 0.6) is 5.75 Å². The summed E-state index contributed by atoms with van der Waals surface area (Å²) in [4.78, 5) is 25.7. The fourth-order valence-corrected chi connectivity index (χ4v) is 2.89. The van der Waals surface area contributed by atoms with Crippen molar-refractivity contribution in [3.8, 4) is 5.75 Å². The lowest BCUT2D eigenvalue weighted by Gasteiger charge is -2.11. The van der Waals surface area contributed by atoms with Crippen molar-refractivity contribution in [2.24, 2.45) is 0 Å². The molecule has 6 heteroatoms. The zero-order valence-electron chi connectivity index (χ0n) is 12.0. The Kier molecular flexibility index (Phi) is 4.62. The van der Waals surface area contributed by atoms with Gasteiger partial charge in [0.25, 0.3) is 5.56 Å². The van der Waals surface area contributed by atoms with Gasteiger partial charge in [0.05, 0.1) is 16.3 Å². The van der Waals surface area contributed by atoms with E-state index in [9.17, 15) is 14.7 Å². The number of allylic oxidation sites excluding steroid dienone is 1. The number of nitrogens with one attached hydrogen (secondary N) is 1. The van der Waals surface area contributed by atoms with E-state index in [-0.39, 0.29) is 16.9 Å². The second kappa shape index (κ2) is 6.44. The second-order valence-corrected chi connectivity index (χ2v) is 5.68. The molecule has 2 N–H and O–H groups in total. The number of thiazole rings is 1. The lowest BCUT2D eigenvalue weighted by Crippen LogP contribution is -2.19. The van der Waals surface area contributed by atoms with Crippen LogP contribution in [0, 0.1) is 0 Å². The van der Waals surface area contributed by atoms with Gasteiger partial charge in [-0.05, 0) is 29.7 Å². The van der Waals surface area contributed by atoms with Crippen molar-refractivity contribution in [1.82, 2.24) is 4.98 Å². The monoisotopic (exact) mass is 317 g/mol. The number of methoxy groups -OCH3 is 1. The molecule has 0 fully saturated rings. The molecule has 0 aliphatic heterocycles. The number of hydrogen-bond acceptors (Lipinski definition) is 4. The summed E-state index contributed by atoms with van der Waals surface area (Å²) in [5.41, 5.74) is 1.15. The first-order chi connectivity index (χ1) is 10.5. The van der Waals surface area contributed by atoms with Crippen LogP contribution in [-0.4, -0.2) is 23.2 Å². The van der Waals surface area contributed by atoms with E-state index in [1.54, 1.807) is 24.3 Å². The maximum atomic E-state index is 11.7. The highest BCUT2D eigenvalue weighted by Crippen LogP contribution is 2.26. The summed E-state index contributed by atoms with van der Waals surface area (Å²) in [6, 6.07) is 3.31. The number of aromatic nitrogens is 1. The highest BCUT2D eigenvalue weighted by atomic mass is 32.1. The molecule has 0 bridgehead atoms. The number of benzene rings is 1. The quantitative estimate of drug-likeness (QED) is 0.810. The molecular formula is C16H15NO4S. The van der Waals surface area contributed by atoms with Gasteiger partial charge in [0.2, 0.25) is 0 Å². The van der Waals surface area contributed by atoms with Crippen molar-refractivity contribution in [3.05, 3.63) is 61.0 Å². The predicted molar refractivity (Wildman–Crippen MR) is 87.1 cm³/mol. The van der Waals surface area contributed by atoms with Gasteiger partial charge in [0.1, 0.15) is 11.3 Å². The molecule has 0 amide bonds. The molecule has 0 aliphatic carbocycles. The fraction of sp³-hybridized carbons (Fsp3) is 0.125. The van der Waals surface area contributed by atoms with Crippen molar-refractivity contribution < 1.29 is 14.6 Å². The van der Waals surface area contributed by atoms with Crippen LogP contribution in [0.3, 0.4) is 0 Å². The van der Waals surface area contributed by atoms with Gasteiger partial charge in [-0.25, -0.2) is 4.79 Å². The number of rotatable bonds is 5. The Balaban J connectivity index is 2.71. The van der Waals surface area contributed by atoms with Crippen molar-refractivity contribution in [2.75, 3.05) is 7.11 Å². The van der Waals surface area contributed by atoms with E-state index >= 15 is 0 Å². The number of aromatic amines is 1. The van der Waals surface area contributed by atoms with Crippen LogP contribution in [0.25, 0.3) is 12.7 Å². The van der Waals surface area contributed by atoms with Crippen molar-refractivity contribution >= 4 is 30.0 Å². The standard InChI is InChI=1S/C16H15NO4S/c1-4-5-11-6-10(7-12(21-3)14(11)16(19)20)8-13-15(18)17-9(2)22-13/h4,6-8H,1-2,5H2,3H3,(H,17,18)(H,19,20)/b13-8-. The summed E-state index contributed by atoms with van der Waals surface area (Å²) in [7, 11) is 1.41. The van der Waals surface area contributed by atoms with E-state index in [2.05, 4.69) is 18.1 Å². The molecule has 0 aliphatic rings. The number of carbonyl (C=O) groups is 1. The van der Waals surface area contributed by atoms with Crippen LogP contribution >= 0.6 is 11.3 Å². The molecule has 1 heterocycles. The van der Waals surface area contributed by atoms with Crippen LogP contribution in [0.4, 0.5) is 0 Å². The molecule has 5 nitrogen and oxygen atoms in total. The van der Waals surface area contributed by atoms with Gasteiger partial charge in [-0.3, -0.25) is 4.79 Å². The fourth-order valence-electron chi connectivity index (χ4n) is 2.14. The van der Waals surface area contributed by atoms with Crippen LogP contribution in [-0.2, 0) is 6.42 Å². The van der Waals surface area contributed by atoms with Gasteiger partial charge < -0.3 is 14.8 Å². The van der Waals surface area contributed by atoms with Crippen molar-refractivity contribution in [2.45, 2.75) is 6.42 Å². The summed E-state index contributed by atoms with van der Waals surface area (Å²) in [5.74, 6) is -0.810. The van der Waals surface area contributed by atoms with Crippen LogP contribution in [0.1, 0.15) is 21.5 Å². The summed E-state index contributed by atoms with van der Waals surface area (Å²) in [6.45, 7) is 7.33. The average Bonchev–Trinajstić information content (AvgIpc) is 2.76. The molecule has 0 spiro atoms. The number of H-pyrrole nitrogens is 1. The van der Waals surface area contributed by atoms with E-state index in [1.165, 1.54) is 18.4 Å². The molecule has 0 saturated carbocycles. The Morgan fingerprint density at radius 2 is 2.23 bits per heavy atom. The SMILES string of the molecule is C=CCc1cc(/C=c2\sc(=C)[nH]c2=O)cc(OC)c1C(=O)O. The average molecular weight is 317 g/mol. The number of carboxylic acid groups (broad SMARTS) is 1. The largest absolute Gasteiger partial charge is 0.496 e. The molecule has 114 valence electrons. The lowest BCUT2D eigenvalue weighted by molar-refractivity contribution is 0.0692. The normalized spacial score (nSPS) is 11.4. The highest BCUT2D eigenvalue weighted by Gasteiger charge is 2.17. The summed E-state index contributed by atoms with van der Waals surface area (Å²) < 4.78 is 6.24. The van der Waals surface area contributed by atoms with E-state index in [4.69, 9.17) is 4.74 Å². The summed E-state index contributed by atoms with van der Waals surface area (Å²) in [6.07, 6.45) is 3.69. The van der Waals surface area contributed by atoms with Crippen LogP contribution in [0.15, 0.2) is 29.6 Å². The Morgan fingerprint density at radius 3 is 2.73 bits per heavy atom. The third-order valence-electron chi connectivity index (χ3n) is 3.01. The van der Waals surface area contributed by atoms with Gasteiger partial charge in [-0.15, -0.1) is 17.9 Å². The van der Waals surface area contributed by atoms with Crippen LogP contribution < -0.4 is 19.5 Å². The Labute approximate surface area is 130 Å². The zero-order valence-corrected chi connectivity index (χ0v) is 12.8. The van der Waals surface area contributed by atoms with E-state index < -0.39 is 5.97 Å². The first kappa shape index (κ1) is 15.8. The first-order valence-electron chi connectivity index (χ1n) is 6.41. The number of ether oxygens (including phenoxy) is 1. The smallest absolute Gasteiger partial charge is 0.339 e. The Hall–Kier alpha value is -2.60. The van der Waals surface area contributed by atoms with Gasteiger partial charge in [0.15, 0.2) is 0 Å². The molecule has 2 rings (SSSR count). The number of hydrogen-bond donors (Lipinski definition) is 2. The number of carboxylic acids is 1. The highest BCUT2D eigenvalue weighted by molar-refractivity contribution is 7.07. The Bertz CT molecular complexity index is 892. The molecule has 0 unspecified atom stereocenters. The number of aromatic carboxylic acids is 1. The molecule has 0 radical (unpaired) electrons. The van der Waals surface area contributed by atoms with Gasteiger partial charge >= 0.3 is 5.97 Å². The van der Waals surface area contributed by atoms with Crippen LogP contribution in [0.2, 0.25) is 0 Å². The third kappa shape index (κ3) is 3.17. The third-order valence-corrected chi connectivity index (χ3v) is 3.88. The second-order valence-electron chi connectivity index (χ2n) is 4.54. The predicted octanol–water partition coefficient (Wildman–Crippen LogP) is 1.11. The van der Waals surface area contributed by atoms with Gasteiger partial charge in [-0.2, -0.15) is 0 Å². The minimum Gasteiger partial charge on any atom is -0.496 e. The summed E-state index contributed by atoms with van der Waals surface area (Å²) >= 11 is 1.24. The molecule has 1 aromatic heterocycles. The lowest BCUT2D eigenvalue weighted by atomic mass is 9.99. The van der Waals surface area contributed by atoms with E-state index in [0.29, 0.717) is 26.7 Å². The van der Waals surface area contributed by atoms with E-state index in [0.717, 1.165) is 0 Å². The summed E-state index contributed by atoms with van der Waals surface area (Å²) in [5, 5.41) is 9.35. The Morgan fingerprint density at radius 1 is 1.50 bits per heavy atom. The topological polar surface area (TPSA) is 79.4 Å². The first-order valence-corrected chi connectivity index (χ1v) is 7.22. The van der Waals surface area contributed by atoms with Gasteiger partial charge in [0, 0.05) is 0 Å². The minimum absolute atomic E-state index is 0.109. The molecule has 1 aromatic carbocycles. The molecule has 2 aromatic rings. The zero-order chi connectivity index (χ0) is 16.3. The maximum Gasteiger partial charge on any atom is 0.339 e. The minimum atomic E-state index is -1.06. The maximum absolute atomic E-state index is 11.7. The van der Waals surface area contributed by atoms with Crippen molar-refractivity contribution in [3.63, 3.8) is 0 Å².